The van der Waals surface area contributed by atoms with Gasteiger partial charge in [-0.1, -0.05) is 79.9 Å². The number of aliphatic hydroxyl groups excluding tert-OH is 1. The van der Waals surface area contributed by atoms with Crippen molar-refractivity contribution in [2.24, 2.45) is 46.3 Å². The molecule has 9 atom stereocenters. The molecule has 3 fully saturated rings. The van der Waals surface area contributed by atoms with Crippen LogP contribution in [-0.4, -0.2) is 22.3 Å². The van der Waals surface area contributed by atoms with Crippen LogP contribution in [0, 0.1) is 46.3 Å². The molecule has 3 nitrogen and oxygen atoms in total. The van der Waals surface area contributed by atoms with E-state index in [4.69, 9.17) is 5.11 Å². The van der Waals surface area contributed by atoms with Crippen LogP contribution in [0.2, 0.25) is 0 Å². The van der Waals surface area contributed by atoms with E-state index >= 15 is 0 Å². The fourth-order valence-corrected chi connectivity index (χ4v) is 8.69. The third-order valence-electron chi connectivity index (χ3n) is 10.6. The van der Waals surface area contributed by atoms with E-state index in [1.807, 2.05) is 34.6 Å². The van der Waals surface area contributed by atoms with Crippen molar-refractivity contribution in [3.05, 3.63) is 11.6 Å². The van der Waals surface area contributed by atoms with Crippen molar-refractivity contribution in [3.8, 4) is 0 Å². The number of allylic oxidation sites excluding steroid dienone is 1. The molecule has 34 heavy (non-hydrogen) atoms. The van der Waals surface area contributed by atoms with Gasteiger partial charge in [-0.25, -0.2) is 0 Å². The molecule has 0 aromatic carbocycles. The van der Waals surface area contributed by atoms with Gasteiger partial charge < -0.3 is 10.2 Å². The Kier molecular flexibility index (Phi) is 10.7. The zero-order chi connectivity index (χ0) is 25.7. The Morgan fingerprint density at radius 3 is 2.32 bits per heavy atom. The molecule has 0 spiro atoms. The summed E-state index contributed by atoms with van der Waals surface area (Å²) in [6.07, 6.45) is 15.2. The maximum atomic E-state index is 11.1. The molecular formula is C31H56O3. The van der Waals surface area contributed by atoms with Crippen molar-refractivity contribution in [2.75, 3.05) is 0 Å². The molecular weight excluding hydrogens is 420 g/mol. The Morgan fingerprint density at radius 2 is 1.68 bits per heavy atom. The van der Waals surface area contributed by atoms with E-state index in [9.17, 15) is 9.90 Å². The molecule has 198 valence electrons. The molecule has 0 aromatic heterocycles. The lowest BCUT2D eigenvalue weighted by Gasteiger charge is -2.58. The number of carboxylic acid groups (broad SMARTS) is 1. The fourth-order valence-electron chi connectivity index (χ4n) is 8.69. The van der Waals surface area contributed by atoms with Crippen LogP contribution in [0.25, 0.3) is 0 Å². The number of rotatable bonds is 6. The average molecular weight is 477 g/mol. The van der Waals surface area contributed by atoms with Gasteiger partial charge in [0.1, 0.15) is 0 Å². The summed E-state index contributed by atoms with van der Waals surface area (Å²) in [5, 5.41) is 19.4. The van der Waals surface area contributed by atoms with Crippen molar-refractivity contribution >= 4 is 5.97 Å². The smallest absolute Gasteiger partial charge is 0.306 e. The molecule has 0 bridgehead atoms. The molecule has 0 amide bonds. The van der Waals surface area contributed by atoms with E-state index in [1.165, 1.54) is 44.9 Å². The predicted molar refractivity (Wildman–Crippen MR) is 144 cm³/mol. The maximum absolute atomic E-state index is 11.1. The fraction of sp³-hybridized carbons (Fsp3) is 0.903. The van der Waals surface area contributed by atoms with Gasteiger partial charge in [0.25, 0.3) is 0 Å². The molecule has 0 saturated heterocycles. The van der Waals surface area contributed by atoms with Crippen LogP contribution in [0.5, 0.6) is 0 Å². The number of carbonyl (C=O) groups is 1. The highest BCUT2D eigenvalue weighted by Crippen LogP contribution is 2.67. The third kappa shape index (κ3) is 5.60. The summed E-state index contributed by atoms with van der Waals surface area (Å²) >= 11 is 0. The van der Waals surface area contributed by atoms with Gasteiger partial charge in [-0.05, 0) is 98.2 Å². The van der Waals surface area contributed by atoms with Crippen LogP contribution in [0.15, 0.2) is 11.6 Å². The topological polar surface area (TPSA) is 57.5 Å². The Balaban J connectivity index is 0.000000970. The van der Waals surface area contributed by atoms with Gasteiger partial charge >= 0.3 is 5.97 Å². The van der Waals surface area contributed by atoms with Crippen LogP contribution >= 0.6 is 0 Å². The molecule has 0 aliphatic heterocycles. The number of carboxylic acids is 1. The number of aliphatic carboxylic acids is 1. The Morgan fingerprint density at radius 1 is 1.00 bits per heavy atom. The summed E-state index contributed by atoms with van der Waals surface area (Å²) in [5.74, 6) is 3.14. The Labute approximate surface area is 211 Å². The zero-order valence-electron chi connectivity index (χ0n) is 23.7. The van der Waals surface area contributed by atoms with E-state index in [2.05, 4.69) is 26.8 Å². The predicted octanol–water partition coefficient (Wildman–Crippen LogP) is 8.51. The molecule has 9 unspecified atom stereocenters. The SMILES string of the molecule is CC.CC.CC(CCCC(C)C1CCC2C3CC=C4CC(O)CCC4(C)C3CCC12C)C(=O)O. The summed E-state index contributed by atoms with van der Waals surface area (Å²) in [6.45, 7) is 17.4. The summed E-state index contributed by atoms with van der Waals surface area (Å²) in [6, 6.07) is 0. The largest absolute Gasteiger partial charge is 0.481 e. The first-order valence-corrected chi connectivity index (χ1v) is 14.8. The highest BCUT2D eigenvalue weighted by molar-refractivity contribution is 5.69. The van der Waals surface area contributed by atoms with E-state index in [0.717, 1.165) is 49.4 Å². The molecule has 4 rings (SSSR count). The van der Waals surface area contributed by atoms with Crippen LogP contribution < -0.4 is 0 Å². The molecule has 0 radical (unpaired) electrons. The van der Waals surface area contributed by atoms with Gasteiger partial charge in [0.15, 0.2) is 0 Å². The first-order chi connectivity index (χ1) is 16.2. The third-order valence-corrected chi connectivity index (χ3v) is 10.6. The summed E-state index contributed by atoms with van der Waals surface area (Å²) in [4.78, 5) is 11.1. The monoisotopic (exact) mass is 476 g/mol. The zero-order valence-corrected chi connectivity index (χ0v) is 23.7. The standard InChI is InChI=1S/C27H44O3.2C2H6/c1-17(6-5-7-18(2)25(29)30)22-10-11-23-21-9-8-19-16-20(28)12-14-26(19,3)24(21)13-15-27(22,23)4;2*1-2/h8,17-18,20-24,28H,5-7,9-16H2,1-4H3,(H,29,30);2*1-2H3. The molecule has 3 heteroatoms. The van der Waals surface area contributed by atoms with Crippen molar-refractivity contribution in [1.82, 2.24) is 0 Å². The lowest BCUT2D eigenvalue weighted by Crippen LogP contribution is -2.50. The van der Waals surface area contributed by atoms with Crippen LogP contribution in [0.4, 0.5) is 0 Å². The van der Waals surface area contributed by atoms with E-state index in [1.54, 1.807) is 5.57 Å². The second kappa shape index (κ2) is 12.4. The molecule has 0 aromatic rings. The van der Waals surface area contributed by atoms with Crippen LogP contribution in [0.1, 0.15) is 126 Å². The number of aliphatic hydroxyl groups is 1. The van der Waals surface area contributed by atoms with E-state index in [-0.39, 0.29) is 12.0 Å². The molecule has 3 saturated carbocycles. The van der Waals surface area contributed by atoms with Gasteiger partial charge in [0, 0.05) is 0 Å². The minimum absolute atomic E-state index is 0.115. The highest BCUT2D eigenvalue weighted by atomic mass is 16.4. The van der Waals surface area contributed by atoms with Crippen molar-refractivity contribution in [2.45, 2.75) is 132 Å². The quantitative estimate of drug-likeness (QED) is 0.378. The molecule has 0 heterocycles. The molecule has 4 aliphatic rings. The molecule has 2 N–H and O–H groups in total. The Bertz CT molecular complexity index is 684. The average Bonchev–Trinajstić information content (AvgIpc) is 3.19. The number of hydrogen-bond donors (Lipinski definition) is 2. The first kappa shape index (κ1) is 29.4. The van der Waals surface area contributed by atoms with Crippen molar-refractivity contribution < 1.29 is 15.0 Å². The van der Waals surface area contributed by atoms with Crippen LogP contribution in [0.3, 0.4) is 0 Å². The lowest BCUT2D eigenvalue weighted by molar-refractivity contribution is -0.141. The summed E-state index contributed by atoms with van der Waals surface area (Å²) in [7, 11) is 0. The van der Waals surface area contributed by atoms with Crippen molar-refractivity contribution in [1.29, 1.82) is 0 Å². The van der Waals surface area contributed by atoms with Gasteiger partial charge in [-0.15, -0.1) is 0 Å². The Hall–Kier alpha value is -0.830. The van der Waals surface area contributed by atoms with E-state index < -0.39 is 5.97 Å². The minimum Gasteiger partial charge on any atom is -0.481 e. The number of hydrogen-bond acceptors (Lipinski definition) is 2. The van der Waals surface area contributed by atoms with Gasteiger partial charge in [-0.3, -0.25) is 4.79 Å². The molecule has 4 aliphatic carbocycles. The second-order valence-corrected chi connectivity index (χ2v) is 12.0. The van der Waals surface area contributed by atoms with Gasteiger partial charge in [-0.2, -0.15) is 0 Å². The number of fused-ring (bicyclic) bond motifs is 5. The second-order valence-electron chi connectivity index (χ2n) is 12.0. The van der Waals surface area contributed by atoms with E-state index in [0.29, 0.717) is 16.7 Å². The normalized spacial score (nSPS) is 40.0. The highest BCUT2D eigenvalue weighted by Gasteiger charge is 2.59. The summed E-state index contributed by atoms with van der Waals surface area (Å²) < 4.78 is 0. The minimum atomic E-state index is -0.651. The van der Waals surface area contributed by atoms with Gasteiger partial charge in [0.2, 0.25) is 0 Å². The van der Waals surface area contributed by atoms with Crippen LogP contribution in [-0.2, 0) is 4.79 Å². The van der Waals surface area contributed by atoms with Gasteiger partial charge in [0.05, 0.1) is 12.0 Å². The first-order valence-electron chi connectivity index (χ1n) is 14.8. The van der Waals surface area contributed by atoms with Crippen molar-refractivity contribution in [3.63, 3.8) is 0 Å². The summed E-state index contributed by atoms with van der Waals surface area (Å²) in [5.41, 5.74) is 2.37. The lowest BCUT2D eigenvalue weighted by atomic mass is 9.47. The maximum Gasteiger partial charge on any atom is 0.306 e.